The fourth-order valence-electron chi connectivity index (χ4n) is 7.96. The van der Waals surface area contributed by atoms with E-state index in [1.807, 2.05) is 5.57 Å². The van der Waals surface area contributed by atoms with Crippen molar-refractivity contribution in [3.63, 3.8) is 0 Å². The highest BCUT2D eigenvalue weighted by atomic mass is 16.3. The molecule has 2 heteroatoms. The highest BCUT2D eigenvalue weighted by Gasteiger charge is 2.54. The summed E-state index contributed by atoms with van der Waals surface area (Å²) in [5.41, 5.74) is 5.87. The molecule has 7 atom stereocenters. The molecule has 164 valence electrons. The summed E-state index contributed by atoms with van der Waals surface area (Å²) in [5, 5.41) is 19.5. The number of fused-ring (bicyclic) bond motifs is 4. The van der Waals surface area contributed by atoms with Gasteiger partial charge in [-0.25, -0.2) is 0 Å². The third-order valence-electron chi connectivity index (χ3n) is 9.86. The molecule has 2 N–H and O–H groups in total. The lowest BCUT2D eigenvalue weighted by atomic mass is 9.53. The van der Waals surface area contributed by atoms with Crippen LogP contribution in [-0.2, 0) is 0 Å². The third kappa shape index (κ3) is 3.67. The van der Waals surface area contributed by atoms with Crippen molar-refractivity contribution in [1.82, 2.24) is 0 Å². The van der Waals surface area contributed by atoms with Crippen LogP contribution in [0.4, 0.5) is 0 Å². The van der Waals surface area contributed by atoms with E-state index in [-0.39, 0.29) is 11.5 Å². The van der Waals surface area contributed by atoms with Crippen molar-refractivity contribution < 1.29 is 10.2 Å². The number of rotatable bonds is 6. The van der Waals surface area contributed by atoms with Crippen molar-refractivity contribution in [3.8, 4) is 0 Å². The summed E-state index contributed by atoms with van der Waals surface area (Å²) >= 11 is 0. The number of hydrogen-bond donors (Lipinski definition) is 2. The van der Waals surface area contributed by atoms with Gasteiger partial charge in [0.25, 0.3) is 0 Å². The van der Waals surface area contributed by atoms with Gasteiger partial charge in [-0.3, -0.25) is 0 Å². The van der Waals surface area contributed by atoms with Gasteiger partial charge in [0.1, 0.15) is 0 Å². The smallest absolute Gasteiger partial charge is 0.0578 e. The van der Waals surface area contributed by atoms with Gasteiger partial charge in [0.2, 0.25) is 0 Å². The number of allylic oxidation sites excluding steroid dienone is 3. The Hall–Kier alpha value is -0.600. The molecule has 0 radical (unpaired) electrons. The van der Waals surface area contributed by atoms with Crippen molar-refractivity contribution in [3.05, 3.63) is 22.8 Å². The predicted octanol–water partition coefficient (Wildman–Crippen LogP) is 6.43. The zero-order valence-corrected chi connectivity index (χ0v) is 19.3. The van der Waals surface area contributed by atoms with E-state index < -0.39 is 0 Å². The quantitative estimate of drug-likeness (QED) is 0.505. The van der Waals surface area contributed by atoms with Gasteiger partial charge in [-0.2, -0.15) is 0 Å². The molecule has 29 heavy (non-hydrogen) atoms. The first kappa shape index (κ1) is 21.6. The lowest BCUT2D eigenvalue weighted by Crippen LogP contribution is -2.41. The van der Waals surface area contributed by atoms with Crippen LogP contribution in [0, 0.1) is 34.5 Å². The standard InChI is InChI=1S/C27H44O2/c1-18(17-28)6-5-7-19(2)23-10-11-24-22-9-8-20-16-21(29)12-14-26(20,3)25(22)13-15-27(23,24)4/h8,18-19,21,23-24,28-29H,5-7,9-17H2,1-4H3/t18?,19-,21+,23-,24+,26+,27-/m1/s1. The van der Waals surface area contributed by atoms with Crippen LogP contribution >= 0.6 is 0 Å². The fourth-order valence-corrected chi connectivity index (χ4v) is 7.96. The fraction of sp³-hybridized carbons (Fsp3) is 0.852. The number of hydrogen-bond acceptors (Lipinski definition) is 2. The largest absolute Gasteiger partial charge is 0.396 e. The molecular formula is C27H44O2. The average Bonchev–Trinajstić information content (AvgIpc) is 3.05. The highest BCUT2D eigenvalue weighted by Crippen LogP contribution is 2.64. The molecule has 0 aromatic heterocycles. The summed E-state index contributed by atoms with van der Waals surface area (Å²) in [6, 6.07) is 0. The number of aliphatic hydroxyl groups excluding tert-OH is 2. The van der Waals surface area contributed by atoms with Crippen molar-refractivity contribution in [2.45, 2.75) is 104 Å². The second-order valence-electron chi connectivity index (χ2n) is 11.6. The minimum absolute atomic E-state index is 0.115. The van der Waals surface area contributed by atoms with Crippen molar-refractivity contribution in [1.29, 1.82) is 0 Å². The van der Waals surface area contributed by atoms with Gasteiger partial charge in [-0.05, 0) is 86.9 Å². The molecule has 4 aliphatic carbocycles. The zero-order chi connectivity index (χ0) is 20.8. The van der Waals surface area contributed by atoms with Crippen LogP contribution in [0.25, 0.3) is 0 Å². The maximum Gasteiger partial charge on any atom is 0.0578 e. The first-order valence-electron chi connectivity index (χ1n) is 12.5. The molecule has 2 nitrogen and oxygen atoms in total. The molecule has 1 unspecified atom stereocenters. The average molecular weight is 401 g/mol. The summed E-state index contributed by atoms with van der Waals surface area (Å²) in [6.45, 7) is 10.1. The van der Waals surface area contributed by atoms with Gasteiger partial charge in [0.05, 0.1) is 6.10 Å². The Bertz CT molecular complexity index is 676. The lowest BCUT2D eigenvalue weighted by Gasteiger charge is -2.52. The van der Waals surface area contributed by atoms with Crippen LogP contribution in [0.1, 0.15) is 98.3 Å². The Kier molecular flexibility index (Phi) is 6.08. The zero-order valence-electron chi connectivity index (χ0n) is 19.3. The van der Waals surface area contributed by atoms with E-state index >= 15 is 0 Å². The van der Waals surface area contributed by atoms with Crippen LogP contribution in [0.3, 0.4) is 0 Å². The molecule has 4 rings (SSSR count). The van der Waals surface area contributed by atoms with E-state index in [2.05, 4.69) is 33.8 Å². The Balaban J connectivity index is 1.49. The summed E-state index contributed by atoms with van der Waals surface area (Å²) in [5.74, 6) is 2.90. The van der Waals surface area contributed by atoms with Gasteiger partial charge in [-0.1, -0.05) is 63.3 Å². The van der Waals surface area contributed by atoms with Gasteiger partial charge in [0.15, 0.2) is 0 Å². The second-order valence-corrected chi connectivity index (χ2v) is 11.6. The van der Waals surface area contributed by atoms with Gasteiger partial charge in [0, 0.05) is 12.0 Å². The van der Waals surface area contributed by atoms with Crippen molar-refractivity contribution in [2.24, 2.45) is 34.5 Å². The topological polar surface area (TPSA) is 40.5 Å². The van der Waals surface area contributed by atoms with Crippen molar-refractivity contribution >= 4 is 0 Å². The molecule has 0 spiro atoms. The minimum atomic E-state index is -0.115. The van der Waals surface area contributed by atoms with Gasteiger partial charge >= 0.3 is 0 Å². The molecule has 0 saturated heterocycles. The van der Waals surface area contributed by atoms with Crippen LogP contribution in [0.5, 0.6) is 0 Å². The second kappa shape index (κ2) is 8.15. The van der Waals surface area contributed by atoms with Crippen LogP contribution in [0.15, 0.2) is 22.8 Å². The van der Waals surface area contributed by atoms with Crippen LogP contribution < -0.4 is 0 Å². The predicted molar refractivity (Wildman–Crippen MR) is 121 cm³/mol. The molecule has 0 aromatic carbocycles. The lowest BCUT2D eigenvalue weighted by molar-refractivity contribution is 0.0859. The minimum Gasteiger partial charge on any atom is -0.396 e. The van der Waals surface area contributed by atoms with Crippen LogP contribution in [0.2, 0.25) is 0 Å². The summed E-state index contributed by atoms with van der Waals surface area (Å²) in [7, 11) is 0. The molecular weight excluding hydrogens is 356 g/mol. The van der Waals surface area contributed by atoms with Gasteiger partial charge in [-0.15, -0.1) is 0 Å². The first-order valence-corrected chi connectivity index (χ1v) is 12.5. The number of aliphatic hydroxyl groups is 2. The molecule has 0 amide bonds. The Morgan fingerprint density at radius 1 is 1.10 bits per heavy atom. The van der Waals surface area contributed by atoms with E-state index in [1.54, 1.807) is 11.1 Å². The molecule has 4 aliphatic rings. The Morgan fingerprint density at radius 2 is 1.90 bits per heavy atom. The van der Waals surface area contributed by atoms with Crippen LogP contribution in [-0.4, -0.2) is 22.9 Å². The summed E-state index contributed by atoms with van der Waals surface area (Å²) < 4.78 is 0. The molecule has 0 aromatic rings. The van der Waals surface area contributed by atoms with E-state index in [9.17, 15) is 10.2 Å². The summed E-state index contributed by atoms with van der Waals surface area (Å²) in [4.78, 5) is 0. The SMILES string of the molecule is CC(CO)CCC[C@@H](C)[C@H]1CC[C@H]2C3=C(CC[C@]12C)[C@@]1(C)CC[C@H](O)CC1=CC3. The van der Waals surface area contributed by atoms with E-state index in [0.717, 1.165) is 43.4 Å². The van der Waals surface area contributed by atoms with E-state index in [0.29, 0.717) is 17.9 Å². The molecule has 2 saturated carbocycles. The Labute approximate surface area is 178 Å². The van der Waals surface area contributed by atoms with Crippen molar-refractivity contribution in [2.75, 3.05) is 6.61 Å². The molecule has 0 heterocycles. The molecule has 0 bridgehead atoms. The maximum absolute atomic E-state index is 10.2. The normalized spacial score (nSPS) is 41.3. The molecule has 0 aliphatic heterocycles. The maximum atomic E-state index is 10.2. The van der Waals surface area contributed by atoms with Gasteiger partial charge < -0.3 is 10.2 Å². The Morgan fingerprint density at radius 3 is 2.66 bits per heavy atom. The monoisotopic (exact) mass is 400 g/mol. The highest BCUT2D eigenvalue weighted by molar-refractivity contribution is 5.43. The summed E-state index contributed by atoms with van der Waals surface area (Å²) in [6.07, 6.45) is 15.8. The van der Waals surface area contributed by atoms with E-state index in [1.165, 1.54) is 44.9 Å². The first-order chi connectivity index (χ1) is 13.8. The third-order valence-corrected chi connectivity index (χ3v) is 9.86. The molecule has 2 fully saturated rings. The van der Waals surface area contributed by atoms with E-state index in [4.69, 9.17) is 0 Å².